The summed E-state index contributed by atoms with van der Waals surface area (Å²) in [4.78, 5) is 0. The summed E-state index contributed by atoms with van der Waals surface area (Å²) in [6, 6.07) is 8.76. The first-order chi connectivity index (χ1) is 9.28. The molecule has 1 atom stereocenters. The lowest BCUT2D eigenvalue weighted by molar-refractivity contribution is 0.0514. The fraction of sp³-hybridized carbons (Fsp3) is 0.625. The lowest BCUT2D eigenvalue weighted by Crippen LogP contribution is -2.33. The van der Waals surface area contributed by atoms with Crippen molar-refractivity contribution in [2.24, 2.45) is 0 Å². The second-order valence-electron chi connectivity index (χ2n) is 5.36. The van der Waals surface area contributed by atoms with E-state index in [1.165, 1.54) is 31.2 Å². The molecule has 106 valence electrons. The summed E-state index contributed by atoms with van der Waals surface area (Å²) >= 11 is 0. The third kappa shape index (κ3) is 4.84. The van der Waals surface area contributed by atoms with E-state index in [0.29, 0.717) is 12.6 Å². The number of ether oxygens (including phenoxy) is 2. The van der Waals surface area contributed by atoms with Crippen molar-refractivity contribution < 1.29 is 9.47 Å². The molecule has 3 nitrogen and oxygen atoms in total. The van der Waals surface area contributed by atoms with E-state index in [4.69, 9.17) is 9.47 Å². The highest BCUT2D eigenvalue weighted by Gasteiger charge is 2.15. The van der Waals surface area contributed by atoms with Crippen molar-refractivity contribution in [2.75, 3.05) is 13.7 Å². The highest BCUT2D eigenvalue weighted by atomic mass is 16.5. The van der Waals surface area contributed by atoms with Crippen LogP contribution in [-0.4, -0.2) is 25.8 Å². The van der Waals surface area contributed by atoms with Gasteiger partial charge >= 0.3 is 0 Å². The van der Waals surface area contributed by atoms with E-state index in [9.17, 15) is 0 Å². The highest BCUT2D eigenvalue weighted by Crippen LogP contribution is 2.17. The van der Waals surface area contributed by atoms with Crippen molar-refractivity contribution >= 4 is 0 Å². The molecular formula is C16H25NO2. The fourth-order valence-corrected chi connectivity index (χ4v) is 2.48. The Kier molecular flexibility index (Phi) is 5.67. The zero-order valence-corrected chi connectivity index (χ0v) is 12.0. The Morgan fingerprint density at radius 3 is 2.53 bits per heavy atom. The molecule has 0 bridgehead atoms. The summed E-state index contributed by atoms with van der Waals surface area (Å²) in [7, 11) is 1.68. The monoisotopic (exact) mass is 263 g/mol. The molecular weight excluding hydrogens is 238 g/mol. The van der Waals surface area contributed by atoms with Gasteiger partial charge in [-0.2, -0.15) is 0 Å². The van der Waals surface area contributed by atoms with E-state index in [1.807, 2.05) is 12.1 Å². The smallest absolute Gasteiger partial charge is 0.118 e. The second kappa shape index (κ2) is 7.51. The predicted molar refractivity (Wildman–Crippen MR) is 77.5 cm³/mol. The molecule has 0 saturated heterocycles. The molecule has 0 spiro atoms. The van der Waals surface area contributed by atoms with Crippen molar-refractivity contribution in [3.63, 3.8) is 0 Å². The number of nitrogens with one attached hydrogen (secondary N) is 1. The summed E-state index contributed by atoms with van der Waals surface area (Å²) in [6.07, 6.45) is 5.65. The van der Waals surface area contributed by atoms with Crippen LogP contribution < -0.4 is 10.1 Å². The first kappa shape index (κ1) is 14.4. The zero-order valence-electron chi connectivity index (χ0n) is 12.0. The quantitative estimate of drug-likeness (QED) is 0.820. The van der Waals surface area contributed by atoms with Crippen LogP contribution in [0.2, 0.25) is 0 Å². The number of rotatable bonds is 7. The Morgan fingerprint density at radius 2 is 1.89 bits per heavy atom. The van der Waals surface area contributed by atoms with Crippen molar-refractivity contribution in [3.05, 3.63) is 29.8 Å². The van der Waals surface area contributed by atoms with Gasteiger partial charge in [-0.1, -0.05) is 25.0 Å². The molecule has 2 rings (SSSR count). The topological polar surface area (TPSA) is 30.5 Å². The van der Waals surface area contributed by atoms with Gasteiger partial charge in [-0.25, -0.2) is 0 Å². The van der Waals surface area contributed by atoms with E-state index in [1.54, 1.807) is 7.11 Å². The molecule has 0 heterocycles. The standard InChI is InChI=1S/C16H25NO2/c1-13(11-17-15-5-3-4-6-15)19-12-14-7-9-16(18-2)10-8-14/h7-10,13,15,17H,3-6,11-12H2,1-2H3. The summed E-state index contributed by atoms with van der Waals surface area (Å²) < 4.78 is 11.0. The average molecular weight is 263 g/mol. The van der Waals surface area contributed by atoms with Crippen LogP contribution in [0.25, 0.3) is 0 Å². The van der Waals surface area contributed by atoms with E-state index in [2.05, 4.69) is 24.4 Å². The summed E-state index contributed by atoms with van der Waals surface area (Å²) in [5.41, 5.74) is 1.19. The molecule has 1 unspecified atom stereocenters. The minimum absolute atomic E-state index is 0.253. The van der Waals surface area contributed by atoms with Gasteiger partial charge in [-0.15, -0.1) is 0 Å². The van der Waals surface area contributed by atoms with Crippen LogP contribution in [0.1, 0.15) is 38.2 Å². The SMILES string of the molecule is COc1ccc(COC(C)CNC2CCCC2)cc1. The van der Waals surface area contributed by atoms with Crippen LogP contribution in [0.5, 0.6) is 5.75 Å². The normalized spacial score (nSPS) is 17.6. The highest BCUT2D eigenvalue weighted by molar-refractivity contribution is 5.26. The van der Waals surface area contributed by atoms with Crippen LogP contribution in [0.4, 0.5) is 0 Å². The Balaban J connectivity index is 1.65. The summed E-state index contributed by atoms with van der Waals surface area (Å²) in [5, 5.41) is 3.59. The molecule has 1 aliphatic carbocycles. The van der Waals surface area contributed by atoms with Crippen molar-refractivity contribution in [1.82, 2.24) is 5.32 Å². The summed E-state index contributed by atoms with van der Waals surface area (Å²) in [6.45, 7) is 3.74. The zero-order chi connectivity index (χ0) is 13.5. The maximum Gasteiger partial charge on any atom is 0.118 e. The van der Waals surface area contributed by atoms with Gasteiger partial charge in [0.1, 0.15) is 5.75 Å². The van der Waals surface area contributed by atoms with Crippen LogP contribution in [0.15, 0.2) is 24.3 Å². The first-order valence-electron chi connectivity index (χ1n) is 7.26. The third-order valence-corrected chi connectivity index (χ3v) is 3.74. The predicted octanol–water partition coefficient (Wildman–Crippen LogP) is 3.13. The number of benzene rings is 1. The van der Waals surface area contributed by atoms with Crippen molar-refractivity contribution in [2.45, 2.75) is 51.4 Å². The van der Waals surface area contributed by atoms with E-state index < -0.39 is 0 Å². The molecule has 1 aliphatic rings. The van der Waals surface area contributed by atoms with Gasteiger partial charge in [-0.3, -0.25) is 0 Å². The summed E-state index contributed by atoms with van der Waals surface area (Å²) in [5.74, 6) is 0.889. The van der Waals surface area contributed by atoms with Gasteiger partial charge in [0, 0.05) is 12.6 Å². The van der Waals surface area contributed by atoms with Gasteiger partial charge in [0.15, 0.2) is 0 Å². The Labute approximate surface area is 116 Å². The Morgan fingerprint density at radius 1 is 1.21 bits per heavy atom. The molecule has 0 amide bonds. The minimum atomic E-state index is 0.253. The van der Waals surface area contributed by atoms with Crippen LogP contribution >= 0.6 is 0 Å². The maximum atomic E-state index is 5.86. The molecule has 19 heavy (non-hydrogen) atoms. The van der Waals surface area contributed by atoms with Gasteiger partial charge < -0.3 is 14.8 Å². The largest absolute Gasteiger partial charge is 0.497 e. The Hall–Kier alpha value is -1.06. The van der Waals surface area contributed by atoms with Crippen molar-refractivity contribution in [1.29, 1.82) is 0 Å². The molecule has 0 radical (unpaired) electrons. The first-order valence-corrected chi connectivity index (χ1v) is 7.26. The van der Waals surface area contributed by atoms with E-state index in [0.717, 1.165) is 12.3 Å². The van der Waals surface area contributed by atoms with E-state index in [-0.39, 0.29) is 6.10 Å². The van der Waals surface area contributed by atoms with Gasteiger partial charge in [-0.05, 0) is 37.5 Å². The van der Waals surface area contributed by atoms with Crippen molar-refractivity contribution in [3.8, 4) is 5.75 Å². The maximum absolute atomic E-state index is 5.86. The number of hydrogen-bond acceptors (Lipinski definition) is 3. The molecule has 1 saturated carbocycles. The lowest BCUT2D eigenvalue weighted by Gasteiger charge is -2.17. The molecule has 3 heteroatoms. The molecule has 1 N–H and O–H groups in total. The van der Waals surface area contributed by atoms with Gasteiger partial charge in [0.25, 0.3) is 0 Å². The average Bonchev–Trinajstić information content (AvgIpc) is 2.96. The number of hydrogen-bond donors (Lipinski definition) is 1. The molecule has 1 aromatic rings. The molecule has 1 aromatic carbocycles. The minimum Gasteiger partial charge on any atom is -0.497 e. The van der Waals surface area contributed by atoms with Gasteiger partial charge in [0.2, 0.25) is 0 Å². The third-order valence-electron chi connectivity index (χ3n) is 3.74. The fourth-order valence-electron chi connectivity index (χ4n) is 2.48. The van der Waals surface area contributed by atoms with Crippen LogP contribution in [-0.2, 0) is 11.3 Å². The second-order valence-corrected chi connectivity index (χ2v) is 5.36. The molecule has 0 aromatic heterocycles. The van der Waals surface area contributed by atoms with Crippen LogP contribution in [0.3, 0.4) is 0 Å². The molecule has 0 aliphatic heterocycles. The Bertz CT molecular complexity index is 358. The van der Waals surface area contributed by atoms with E-state index >= 15 is 0 Å². The molecule has 1 fully saturated rings. The van der Waals surface area contributed by atoms with Crippen LogP contribution in [0, 0.1) is 0 Å². The number of methoxy groups -OCH3 is 1. The lowest BCUT2D eigenvalue weighted by atomic mass is 10.2. The van der Waals surface area contributed by atoms with Gasteiger partial charge in [0.05, 0.1) is 19.8 Å².